The molecule has 0 atom stereocenters. The summed E-state index contributed by atoms with van der Waals surface area (Å²) in [6, 6.07) is 0. The van der Waals surface area contributed by atoms with Gasteiger partial charge in [0.2, 0.25) is 0 Å². The van der Waals surface area contributed by atoms with Crippen molar-refractivity contribution in [3.63, 3.8) is 0 Å². The molecular formula is H11K5O8P2. The fourth-order valence-corrected chi connectivity index (χ4v) is 0. The Kier molecular flexibility index (Phi) is 71.7. The van der Waals surface area contributed by atoms with Crippen molar-refractivity contribution in [1.82, 2.24) is 0 Å². The Bertz CT molecular complexity index is 150. The maximum atomic E-state index is 8.88. The molecule has 0 aliphatic rings. The van der Waals surface area contributed by atoms with Crippen LogP contribution in [0.4, 0.5) is 0 Å². The van der Waals surface area contributed by atoms with E-state index in [0.29, 0.717) is 0 Å². The maximum Gasteiger partial charge on any atom is 1.00 e. The van der Waals surface area contributed by atoms with Gasteiger partial charge >= 0.3 is 273 Å². The van der Waals surface area contributed by atoms with Crippen molar-refractivity contribution in [3.8, 4) is 0 Å². The molecule has 0 saturated carbocycles. The molecule has 0 aliphatic carbocycles. The van der Waals surface area contributed by atoms with Crippen molar-refractivity contribution in [2.45, 2.75) is 0 Å². The molecule has 0 amide bonds. The van der Waals surface area contributed by atoms with E-state index in [1.165, 1.54) is 0 Å². The minimum absolute atomic E-state index is 0. The van der Waals surface area contributed by atoms with Gasteiger partial charge in [0.1, 0.15) is 0 Å². The van der Waals surface area contributed by atoms with Gasteiger partial charge in [-0.3, -0.25) is 0 Å². The van der Waals surface area contributed by atoms with Crippen LogP contribution in [0.1, 0.15) is 7.13 Å². The molecule has 0 radical (unpaired) electrons. The molecule has 0 fully saturated rings. The van der Waals surface area contributed by atoms with Gasteiger partial charge in [0.05, 0.1) is 0 Å². The van der Waals surface area contributed by atoms with Crippen molar-refractivity contribution in [1.29, 1.82) is 0 Å². The van der Waals surface area contributed by atoms with E-state index in [4.69, 9.17) is 38.5 Å². The molecule has 0 aromatic heterocycles. The Balaban J connectivity index is -0.00000000427. The van der Waals surface area contributed by atoms with Crippen LogP contribution >= 0.6 is 15.6 Å². The quantitative estimate of drug-likeness (QED) is 0.174. The van der Waals surface area contributed by atoms with Gasteiger partial charge in [-0.05, 0) is 0 Å². The molecule has 15 heavy (non-hydrogen) atoms. The molecule has 74 valence electrons. The summed E-state index contributed by atoms with van der Waals surface area (Å²) in [5.74, 6) is 0. The number of hydrogen-bond donors (Lipinski definition) is 6. The minimum atomic E-state index is -4.64. The largest absolute Gasteiger partial charge is 1.00 e. The van der Waals surface area contributed by atoms with Crippen LogP contribution in [-0.4, -0.2) is 29.4 Å². The first kappa shape index (κ1) is 43.7. The molecule has 0 spiro atoms. The second kappa shape index (κ2) is 24.7. The first-order valence-electron chi connectivity index (χ1n) is 1.57. The second-order valence-corrected chi connectivity index (χ2v) is 3.08. The Hall–Kier alpha value is 8.40. The SMILES string of the molecule is O=P(O)(O)O.O=P(O)(O)O.[H-].[H-].[H-].[H-].[H-].[K+].[K+].[K+].[K+].[K+]. The minimum Gasteiger partial charge on any atom is -1.00 e. The zero-order valence-corrected chi connectivity index (χ0v) is 26.8. The third-order valence-corrected chi connectivity index (χ3v) is 0. The van der Waals surface area contributed by atoms with Crippen molar-refractivity contribution in [2.75, 3.05) is 0 Å². The van der Waals surface area contributed by atoms with Gasteiger partial charge in [-0.15, -0.1) is 0 Å². The number of rotatable bonds is 0. The summed E-state index contributed by atoms with van der Waals surface area (Å²) in [6.07, 6.45) is 0. The summed E-state index contributed by atoms with van der Waals surface area (Å²) >= 11 is 0. The van der Waals surface area contributed by atoms with E-state index >= 15 is 0 Å². The summed E-state index contributed by atoms with van der Waals surface area (Å²) in [7, 11) is -9.28. The number of phosphoric acid groups is 2. The van der Waals surface area contributed by atoms with Crippen LogP contribution < -0.4 is 257 Å². The molecule has 0 unspecified atom stereocenters. The van der Waals surface area contributed by atoms with Gasteiger partial charge in [-0.25, -0.2) is 9.13 Å². The fraction of sp³-hybridized carbons (Fsp3) is 0. The molecule has 15 heteroatoms. The van der Waals surface area contributed by atoms with Gasteiger partial charge in [0.15, 0.2) is 0 Å². The van der Waals surface area contributed by atoms with Crippen LogP contribution in [0.2, 0.25) is 0 Å². The topological polar surface area (TPSA) is 156 Å². The summed E-state index contributed by atoms with van der Waals surface area (Å²) in [4.78, 5) is 43.1. The Morgan fingerprint density at radius 2 is 0.533 bits per heavy atom. The van der Waals surface area contributed by atoms with E-state index in [2.05, 4.69) is 0 Å². The molecule has 0 rings (SSSR count). The van der Waals surface area contributed by atoms with Crippen LogP contribution in [0.15, 0.2) is 0 Å². The van der Waals surface area contributed by atoms with Gasteiger partial charge in [-0.1, -0.05) is 0 Å². The van der Waals surface area contributed by atoms with Crippen LogP contribution in [0.5, 0.6) is 0 Å². The Morgan fingerprint density at radius 1 is 0.533 bits per heavy atom. The van der Waals surface area contributed by atoms with E-state index < -0.39 is 15.6 Å². The van der Waals surface area contributed by atoms with Crippen LogP contribution in [0.25, 0.3) is 0 Å². The fourth-order valence-electron chi connectivity index (χ4n) is 0. The Morgan fingerprint density at radius 3 is 0.533 bits per heavy atom. The molecule has 0 saturated heterocycles. The zero-order valence-electron chi connectivity index (χ0n) is 14.4. The van der Waals surface area contributed by atoms with E-state index in [-0.39, 0.29) is 264 Å². The molecular weight excluding hydrogens is 385 g/mol. The molecule has 6 N–H and O–H groups in total. The van der Waals surface area contributed by atoms with Crippen molar-refractivity contribution in [3.05, 3.63) is 0 Å². The van der Waals surface area contributed by atoms with Gasteiger partial charge in [0.25, 0.3) is 0 Å². The predicted octanol–water partition coefficient (Wildman–Crippen LogP) is -16.3. The average molecular weight is 397 g/mol. The average Bonchev–Trinajstić information content (AvgIpc) is 1.12. The van der Waals surface area contributed by atoms with Crippen LogP contribution in [0, 0.1) is 0 Å². The summed E-state index contributed by atoms with van der Waals surface area (Å²) in [6.45, 7) is 0. The standard InChI is InChI=1S/5K.2H3O4P.5H/c;;;;;2*1-5(2,3)4;;;;;/h;;;;;2*(H3,1,2,3,4);;;;;/q5*+1;;;5*-1. The van der Waals surface area contributed by atoms with Crippen LogP contribution in [0.3, 0.4) is 0 Å². The summed E-state index contributed by atoms with van der Waals surface area (Å²) in [5.41, 5.74) is 0. The predicted molar refractivity (Wildman–Crippen MR) is 34.1 cm³/mol. The molecule has 0 aliphatic heterocycles. The molecule has 0 aromatic rings. The monoisotopic (exact) mass is 396 g/mol. The van der Waals surface area contributed by atoms with E-state index in [0.717, 1.165) is 0 Å². The van der Waals surface area contributed by atoms with Crippen molar-refractivity contribution in [2.24, 2.45) is 0 Å². The Labute approximate surface area is 307 Å². The van der Waals surface area contributed by atoms with Gasteiger partial charge in [-0.2, -0.15) is 0 Å². The maximum absolute atomic E-state index is 8.88. The van der Waals surface area contributed by atoms with Gasteiger partial charge < -0.3 is 36.5 Å². The molecule has 0 aromatic carbocycles. The first-order valence-corrected chi connectivity index (χ1v) is 4.70. The van der Waals surface area contributed by atoms with E-state index in [1.54, 1.807) is 0 Å². The van der Waals surface area contributed by atoms with Crippen molar-refractivity contribution >= 4 is 15.6 Å². The van der Waals surface area contributed by atoms with Crippen molar-refractivity contribution < 1.29 is 303 Å². The second-order valence-electron chi connectivity index (χ2n) is 1.03. The molecule has 0 heterocycles. The van der Waals surface area contributed by atoms with E-state index in [1.807, 2.05) is 0 Å². The molecule has 0 bridgehead atoms. The van der Waals surface area contributed by atoms with Gasteiger partial charge in [0, 0.05) is 0 Å². The normalized spacial score (nSPS) is 7.87. The first-order chi connectivity index (χ1) is 4.00. The third kappa shape index (κ3) is 132. The molecule has 8 nitrogen and oxygen atoms in total. The van der Waals surface area contributed by atoms with E-state index in [9.17, 15) is 0 Å². The summed E-state index contributed by atoms with van der Waals surface area (Å²) < 4.78 is 17.8. The number of hydrogen-bond acceptors (Lipinski definition) is 2. The third-order valence-electron chi connectivity index (χ3n) is 0. The summed E-state index contributed by atoms with van der Waals surface area (Å²) in [5, 5.41) is 0. The van der Waals surface area contributed by atoms with Crippen LogP contribution in [-0.2, 0) is 9.13 Å². The smallest absolute Gasteiger partial charge is 1.00 e. The zero-order chi connectivity index (χ0) is 9.00.